The van der Waals surface area contributed by atoms with E-state index in [9.17, 15) is 4.79 Å². The SMILES string of the molecule is COc1cc(C(=O)OCc2nnc(-c3ccccc3Br)o2)cc(Cl)c1OC. The maximum absolute atomic E-state index is 12.3. The van der Waals surface area contributed by atoms with Crippen LogP contribution in [0.5, 0.6) is 11.5 Å². The predicted molar refractivity (Wildman–Crippen MR) is 101 cm³/mol. The van der Waals surface area contributed by atoms with Crippen LogP contribution in [0.25, 0.3) is 11.5 Å². The molecule has 0 radical (unpaired) electrons. The Bertz CT molecular complexity index is 976. The molecule has 9 heteroatoms. The van der Waals surface area contributed by atoms with Crippen molar-refractivity contribution in [2.75, 3.05) is 14.2 Å². The monoisotopic (exact) mass is 452 g/mol. The number of benzene rings is 2. The minimum absolute atomic E-state index is 0.167. The number of methoxy groups -OCH3 is 2. The zero-order chi connectivity index (χ0) is 19.4. The van der Waals surface area contributed by atoms with Crippen LogP contribution in [0.15, 0.2) is 45.3 Å². The zero-order valence-electron chi connectivity index (χ0n) is 14.4. The maximum Gasteiger partial charge on any atom is 0.338 e. The van der Waals surface area contributed by atoms with Gasteiger partial charge in [0, 0.05) is 4.47 Å². The molecule has 3 aromatic rings. The van der Waals surface area contributed by atoms with Crippen LogP contribution in [0.2, 0.25) is 5.02 Å². The van der Waals surface area contributed by atoms with Crippen LogP contribution >= 0.6 is 27.5 Å². The minimum Gasteiger partial charge on any atom is -0.493 e. The van der Waals surface area contributed by atoms with Crippen molar-refractivity contribution in [3.05, 3.63) is 57.3 Å². The first-order valence-corrected chi connectivity index (χ1v) is 8.86. The molecule has 0 atom stereocenters. The van der Waals surface area contributed by atoms with Crippen molar-refractivity contribution in [2.24, 2.45) is 0 Å². The molecule has 0 saturated heterocycles. The number of hydrogen-bond donors (Lipinski definition) is 0. The number of rotatable bonds is 6. The second-order valence-corrected chi connectivity index (χ2v) is 6.51. The largest absolute Gasteiger partial charge is 0.493 e. The number of nitrogens with zero attached hydrogens (tertiary/aromatic N) is 2. The summed E-state index contributed by atoms with van der Waals surface area (Å²) in [4.78, 5) is 12.3. The number of ether oxygens (including phenoxy) is 3. The number of carbonyl (C=O) groups excluding carboxylic acids is 1. The highest BCUT2D eigenvalue weighted by Gasteiger charge is 2.18. The van der Waals surface area contributed by atoms with Gasteiger partial charge in [-0.15, -0.1) is 10.2 Å². The van der Waals surface area contributed by atoms with E-state index in [1.165, 1.54) is 26.4 Å². The predicted octanol–water partition coefficient (Wildman–Crippen LogP) is 4.53. The summed E-state index contributed by atoms with van der Waals surface area (Å²) < 4.78 is 21.9. The lowest BCUT2D eigenvalue weighted by Gasteiger charge is -2.11. The van der Waals surface area contributed by atoms with Crippen LogP contribution < -0.4 is 9.47 Å². The van der Waals surface area contributed by atoms with Gasteiger partial charge in [-0.05, 0) is 40.2 Å². The molecule has 1 aromatic heterocycles. The average molecular weight is 454 g/mol. The summed E-state index contributed by atoms with van der Waals surface area (Å²) in [5.41, 5.74) is 0.956. The van der Waals surface area contributed by atoms with E-state index >= 15 is 0 Å². The Balaban J connectivity index is 1.72. The molecule has 0 bridgehead atoms. The molecule has 0 N–H and O–H groups in total. The van der Waals surface area contributed by atoms with Gasteiger partial charge in [0.2, 0.25) is 5.89 Å². The summed E-state index contributed by atoms with van der Waals surface area (Å²) in [6, 6.07) is 10.3. The topological polar surface area (TPSA) is 83.7 Å². The maximum atomic E-state index is 12.3. The van der Waals surface area contributed by atoms with Crippen molar-refractivity contribution in [3.63, 3.8) is 0 Å². The Morgan fingerprint density at radius 2 is 1.96 bits per heavy atom. The molecule has 7 nitrogen and oxygen atoms in total. The van der Waals surface area contributed by atoms with Crippen molar-refractivity contribution >= 4 is 33.5 Å². The summed E-state index contributed by atoms with van der Waals surface area (Å²) in [7, 11) is 2.91. The quantitative estimate of drug-likeness (QED) is 0.507. The number of carbonyl (C=O) groups is 1. The molecule has 0 spiro atoms. The molecule has 0 amide bonds. The van der Waals surface area contributed by atoms with Crippen molar-refractivity contribution in [3.8, 4) is 23.0 Å². The van der Waals surface area contributed by atoms with Crippen molar-refractivity contribution < 1.29 is 23.4 Å². The van der Waals surface area contributed by atoms with Gasteiger partial charge >= 0.3 is 5.97 Å². The lowest BCUT2D eigenvalue weighted by Crippen LogP contribution is -2.06. The van der Waals surface area contributed by atoms with Gasteiger partial charge in [0.05, 0.1) is 30.4 Å². The summed E-state index contributed by atoms with van der Waals surface area (Å²) in [6.07, 6.45) is 0. The molecule has 3 rings (SSSR count). The number of hydrogen-bond acceptors (Lipinski definition) is 7. The van der Waals surface area contributed by atoms with Crippen LogP contribution in [-0.2, 0) is 11.3 Å². The van der Waals surface area contributed by atoms with E-state index in [-0.39, 0.29) is 23.1 Å². The molecule has 2 aromatic carbocycles. The highest BCUT2D eigenvalue weighted by Crippen LogP contribution is 2.36. The molecule has 0 fully saturated rings. The van der Waals surface area contributed by atoms with Crippen LogP contribution in [0.3, 0.4) is 0 Å². The van der Waals surface area contributed by atoms with E-state index in [1.54, 1.807) is 0 Å². The van der Waals surface area contributed by atoms with Gasteiger partial charge in [0.25, 0.3) is 5.89 Å². The van der Waals surface area contributed by atoms with E-state index in [0.29, 0.717) is 17.4 Å². The smallest absolute Gasteiger partial charge is 0.338 e. The third kappa shape index (κ3) is 4.23. The Labute approximate surface area is 168 Å². The fourth-order valence-electron chi connectivity index (χ4n) is 2.30. The van der Waals surface area contributed by atoms with E-state index in [4.69, 9.17) is 30.2 Å². The second-order valence-electron chi connectivity index (χ2n) is 5.25. The first-order valence-electron chi connectivity index (χ1n) is 7.69. The Morgan fingerprint density at radius 1 is 1.19 bits per heavy atom. The minimum atomic E-state index is -0.613. The zero-order valence-corrected chi connectivity index (χ0v) is 16.7. The van der Waals surface area contributed by atoms with Gasteiger partial charge in [-0.1, -0.05) is 23.7 Å². The van der Waals surface area contributed by atoms with Crippen LogP contribution in [-0.4, -0.2) is 30.4 Å². The molecule has 0 aliphatic rings. The third-order valence-corrected chi connectivity index (χ3v) is 4.54. The lowest BCUT2D eigenvalue weighted by atomic mass is 10.2. The van der Waals surface area contributed by atoms with Gasteiger partial charge in [-0.25, -0.2) is 4.79 Å². The standard InChI is InChI=1S/C18H14BrClN2O5/c1-24-14-8-10(7-13(20)16(14)25-2)18(23)26-9-15-21-22-17(27-15)11-5-3-4-6-12(11)19/h3-8H,9H2,1-2H3. The molecular weight excluding hydrogens is 440 g/mol. The molecule has 1 heterocycles. The molecule has 0 aliphatic carbocycles. The van der Waals surface area contributed by atoms with Gasteiger partial charge in [0.15, 0.2) is 18.1 Å². The summed E-state index contributed by atoms with van der Waals surface area (Å²) in [5, 5.41) is 8.09. The highest BCUT2D eigenvalue weighted by atomic mass is 79.9. The summed E-state index contributed by atoms with van der Waals surface area (Å²) in [5.74, 6) is 0.540. The van der Waals surface area contributed by atoms with Crippen molar-refractivity contribution in [1.82, 2.24) is 10.2 Å². The van der Waals surface area contributed by atoms with E-state index in [2.05, 4.69) is 26.1 Å². The molecular formula is C18H14BrClN2O5. The average Bonchev–Trinajstić information content (AvgIpc) is 3.14. The van der Waals surface area contributed by atoms with E-state index in [1.807, 2.05) is 24.3 Å². The van der Waals surface area contributed by atoms with E-state index in [0.717, 1.165) is 10.0 Å². The first-order chi connectivity index (χ1) is 13.0. The Kier molecular flexibility index (Phi) is 5.98. The number of esters is 1. The number of halogens is 2. The molecule has 140 valence electrons. The fraction of sp³-hybridized carbons (Fsp3) is 0.167. The molecule has 0 unspecified atom stereocenters. The van der Waals surface area contributed by atoms with Crippen LogP contribution in [0, 0.1) is 0 Å². The third-order valence-electron chi connectivity index (χ3n) is 3.57. The summed E-state index contributed by atoms with van der Waals surface area (Å²) >= 11 is 9.52. The van der Waals surface area contributed by atoms with Gasteiger partial charge in [-0.3, -0.25) is 0 Å². The van der Waals surface area contributed by atoms with E-state index < -0.39 is 5.97 Å². The van der Waals surface area contributed by atoms with Crippen molar-refractivity contribution in [2.45, 2.75) is 6.61 Å². The normalized spacial score (nSPS) is 10.5. The van der Waals surface area contributed by atoms with Gasteiger partial charge < -0.3 is 18.6 Å². The highest BCUT2D eigenvalue weighted by molar-refractivity contribution is 9.10. The number of aromatic nitrogens is 2. The fourth-order valence-corrected chi connectivity index (χ4v) is 3.04. The first kappa shape index (κ1) is 19.2. The molecule has 27 heavy (non-hydrogen) atoms. The van der Waals surface area contributed by atoms with Crippen LogP contribution in [0.4, 0.5) is 0 Å². The van der Waals surface area contributed by atoms with Gasteiger partial charge in [0.1, 0.15) is 0 Å². The van der Waals surface area contributed by atoms with Crippen LogP contribution in [0.1, 0.15) is 16.2 Å². The lowest BCUT2D eigenvalue weighted by molar-refractivity contribution is 0.0438. The van der Waals surface area contributed by atoms with Crippen molar-refractivity contribution in [1.29, 1.82) is 0 Å². The summed E-state index contributed by atoms with van der Waals surface area (Å²) in [6.45, 7) is -0.178. The molecule has 0 saturated carbocycles. The Hall–Kier alpha value is -2.58. The molecule has 0 aliphatic heterocycles. The van der Waals surface area contributed by atoms with Gasteiger partial charge in [-0.2, -0.15) is 0 Å². The second kappa shape index (κ2) is 8.41. The Morgan fingerprint density at radius 3 is 2.67 bits per heavy atom.